The molecule has 0 aliphatic carbocycles. The van der Waals surface area contributed by atoms with Gasteiger partial charge in [0.15, 0.2) is 0 Å². The highest BCUT2D eigenvalue weighted by molar-refractivity contribution is 9.10. The van der Waals surface area contributed by atoms with Crippen LogP contribution in [0, 0.1) is 0 Å². The van der Waals surface area contributed by atoms with Crippen LogP contribution in [0.15, 0.2) is 10.7 Å². The molecule has 0 aromatic carbocycles. The van der Waals surface area contributed by atoms with Gasteiger partial charge in [0.25, 0.3) is 0 Å². The van der Waals surface area contributed by atoms with Crippen LogP contribution in [-0.4, -0.2) is 41.6 Å². The minimum atomic E-state index is 0.487. The van der Waals surface area contributed by atoms with Crippen LogP contribution in [0.2, 0.25) is 0 Å². The van der Waals surface area contributed by atoms with Gasteiger partial charge in [-0.15, -0.1) is 0 Å². The van der Waals surface area contributed by atoms with Crippen LogP contribution in [0.3, 0.4) is 0 Å². The number of aromatic nitrogens is 2. The van der Waals surface area contributed by atoms with Crippen LogP contribution in [0.5, 0.6) is 0 Å². The van der Waals surface area contributed by atoms with E-state index in [-0.39, 0.29) is 0 Å². The molecule has 0 fully saturated rings. The molecule has 4 nitrogen and oxygen atoms in total. The molecule has 1 N–H and O–H groups in total. The van der Waals surface area contributed by atoms with Gasteiger partial charge in [0.05, 0.1) is 4.47 Å². The monoisotopic (exact) mass is 332 g/mol. The number of halogens is 1. The van der Waals surface area contributed by atoms with Gasteiger partial charge in [0, 0.05) is 31.6 Å². The first-order valence-electron chi connectivity index (χ1n) is 6.12. The molecule has 1 aromatic heterocycles. The summed E-state index contributed by atoms with van der Waals surface area (Å²) in [5.74, 6) is 2.73. The minimum absolute atomic E-state index is 0.487. The van der Waals surface area contributed by atoms with Gasteiger partial charge in [-0.1, -0.05) is 6.92 Å². The summed E-state index contributed by atoms with van der Waals surface area (Å²) >= 11 is 5.39. The van der Waals surface area contributed by atoms with Gasteiger partial charge in [-0.2, -0.15) is 16.7 Å². The van der Waals surface area contributed by atoms with Gasteiger partial charge < -0.3 is 10.2 Å². The second-order valence-electron chi connectivity index (χ2n) is 4.02. The van der Waals surface area contributed by atoms with E-state index >= 15 is 0 Å². The van der Waals surface area contributed by atoms with E-state index in [0.717, 1.165) is 29.0 Å². The van der Waals surface area contributed by atoms with Gasteiger partial charge in [0.2, 0.25) is 5.95 Å². The molecule has 1 rings (SSSR count). The first-order valence-corrected chi connectivity index (χ1v) is 8.30. The summed E-state index contributed by atoms with van der Waals surface area (Å²) in [5.41, 5.74) is 0. The molecule has 1 aromatic rings. The molecule has 0 saturated heterocycles. The lowest BCUT2D eigenvalue weighted by molar-refractivity contribution is 0.664. The van der Waals surface area contributed by atoms with Crippen LogP contribution in [-0.2, 0) is 0 Å². The second-order valence-corrected chi connectivity index (χ2v) is 5.79. The predicted molar refractivity (Wildman–Crippen MR) is 84.8 cm³/mol. The predicted octanol–water partition coefficient (Wildman–Crippen LogP) is 3.25. The number of nitrogens with zero attached hydrogens (tertiary/aromatic N) is 3. The fourth-order valence-corrected chi connectivity index (χ4v) is 3.03. The molecule has 0 saturated carbocycles. The van der Waals surface area contributed by atoms with E-state index < -0.39 is 0 Å². The van der Waals surface area contributed by atoms with Gasteiger partial charge in [0.1, 0.15) is 5.82 Å². The molecule has 0 bridgehead atoms. The molecule has 0 aliphatic rings. The Hall–Kier alpha value is -0.490. The average molecular weight is 333 g/mol. The van der Waals surface area contributed by atoms with Crippen LogP contribution >= 0.6 is 27.7 Å². The summed E-state index contributed by atoms with van der Waals surface area (Å²) in [4.78, 5) is 11.0. The molecular weight excluding hydrogens is 312 g/mol. The van der Waals surface area contributed by atoms with E-state index in [9.17, 15) is 0 Å². The van der Waals surface area contributed by atoms with E-state index in [1.165, 1.54) is 0 Å². The Labute approximate surface area is 122 Å². The van der Waals surface area contributed by atoms with E-state index in [4.69, 9.17) is 0 Å². The molecule has 102 valence electrons. The Morgan fingerprint density at radius 2 is 2.22 bits per heavy atom. The van der Waals surface area contributed by atoms with Crippen molar-refractivity contribution in [1.82, 2.24) is 9.97 Å². The van der Waals surface area contributed by atoms with Crippen LogP contribution < -0.4 is 10.2 Å². The molecular formula is C12H21BrN4S. The number of anilines is 2. The van der Waals surface area contributed by atoms with Gasteiger partial charge in [-0.05, 0) is 35.5 Å². The molecule has 0 amide bonds. The number of hydrogen-bond acceptors (Lipinski definition) is 5. The van der Waals surface area contributed by atoms with Crippen molar-refractivity contribution in [3.05, 3.63) is 10.7 Å². The summed E-state index contributed by atoms with van der Waals surface area (Å²) in [6.45, 7) is 5.07. The Morgan fingerprint density at radius 1 is 1.50 bits per heavy atom. The topological polar surface area (TPSA) is 41.1 Å². The van der Waals surface area contributed by atoms with Crippen molar-refractivity contribution >= 4 is 39.5 Å². The van der Waals surface area contributed by atoms with Crippen molar-refractivity contribution in [2.75, 3.05) is 35.8 Å². The number of thioether (sulfide) groups is 1. The van der Waals surface area contributed by atoms with Gasteiger partial charge in [-0.3, -0.25) is 0 Å². The second kappa shape index (κ2) is 7.84. The van der Waals surface area contributed by atoms with Crippen molar-refractivity contribution in [2.45, 2.75) is 26.3 Å². The van der Waals surface area contributed by atoms with Crippen molar-refractivity contribution in [1.29, 1.82) is 0 Å². The van der Waals surface area contributed by atoms with E-state index in [2.05, 4.69) is 56.3 Å². The zero-order valence-electron chi connectivity index (χ0n) is 11.4. The first-order chi connectivity index (χ1) is 8.63. The molecule has 1 atom stereocenters. The highest BCUT2D eigenvalue weighted by Crippen LogP contribution is 2.26. The SMILES string of the molecule is CCNc1ncc(Br)c(N(C)C(CC)CSC)n1. The highest BCUT2D eigenvalue weighted by atomic mass is 79.9. The maximum atomic E-state index is 4.56. The van der Waals surface area contributed by atoms with E-state index in [1.54, 1.807) is 0 Å². The average Bonchev–Trinajstić information content (AvgIpc) is 2.37. The summed E-state index contributed by atoms with van der Waals surface area (Å²) in [7, 11) is 2.09. The Balaban J connectivity index is 2.94. The fraction of sp³-hybridized carbons (Fsp3) is 0.667. The third-order valence-corrected chi connectivity index (χ3v) is 4.05. The summed E-state index contributed by atoms with van der Waals surface area (Å²) in [5, 5.41) is 3.14. The molecule has 1 unspecified atom stereocenters. The largest absolute Gasteiger partial charge is 0.355 e. The maximum Gasteiger partial charge on any atom is 0.224 e. The molecule has 18 heavy (non-hydrogen) atoms. The zero-order chi connectivity index (χ0) is 13.5. The maximum absolute atomic E-state index is 4.56. The minimum Gasteiger partial charge on any atom is -0.355 e. The molecule has 0 aliphatic heterocycles. The third kappa shape index (κ3) is 4.02. The smallest absolute Gasteiger partial charge is 0.224 e. The van der Waals surface area contributed by atoms with Crippen molar-refractivity contribution in [2.24, 2.45) is 0 Å². The van der Waals surface area contributed by atoms with E-state index in [0.29, 0.717) is 12.0 Å². The lowest BCUT2D eigenvalue weighted by Gasteiger charge is -2.28. The molecule has 0 spiro atoms. The van der Waals surface area contributed by atoms with Crippen molar-refractivity contribution in [3.63, 3.8) is 0 Å². The Morgan fingerprint density at radius 3 is 2.78 bits per heavy atom. The number of nitrogens with one attached hydrogen (secondary N) is 1. The van der Waals surface area contributed by atoms with Crippen molar-refractivity contribution < 1.29 is 0 Å². The molecule has 1 heterocycles. The Kier molecular flexibility index (Phi) is 6.78. The third-order valence-electron chi connectivity index (χ3n) is 2.77. The normalized spacial score (nSPS) is 12.3. The van der Waals surface area contributed by atoms with Gasteiger partial charge >= 0.3 is 0 Å². The Bertz CT molecular complexity index is 375. The quantitative estimate of drug-likeness (QED) is 0.830. The van der Waals surface area contributed by atoms with Crippen LogP contribution in [0.1, 0.15) is 20.3 Å². The van der Waals surface area contributed by atoms with Crippen molar-refractivity contribution in [3.8, 4) is 0 Å². The van der Waals surface area contributed by atoms with E-state index in [1.807, 2.05) is 24.9 Å². The molecule has 0 radical (unpaired) electrons. The number of hydrogen-bond donors (Lipinski definition) is 1. The van der Waals surface area contributed by atoms with Crippen LogP contribution in [0.4, 0.5) is 11.8 Å². The lowest BCUT2D eigenvalue weighted by Crippen LogP contribution is -2.34. The fourth-order valence-electron chi connectivity index (χ4n) is 1.72. The lowest BCUT2D eigenvalue weighted by atomic mass is 10.2. The standard InChI is InChI=1S/C12H21BrN4S/c1-5-9(8-18-4)17(3)11-10(13)7-15-12(16-11)14-6-2/h7,9H,5-6,8H2,1-4H3,(H,14,15,16). The van der Waals surface area contributed by atoms with Gasteiger partial charge in [-0.25, -0.2) is 4.98 Å². The highest BCUT2D eigenvalue weighted by Gasteiger charge is 2.17. The summed E-state index contributed by atoms with van der Waals surface area (Å²) < 4.78 is 0.936. The number of rotatable bonds is 7. The summed E-state index contributed by atoms with van der Waals surface area (Å²) in [6, 6.07) is 0.487. The summed E-state index contributed by atoms with van der Waals surface area (Å²) in [6.07, 6.45) is 5.04. The van der Waals surface area contributed by atoms with Crippen LogP contribution in [0.25, 0.3) is 0 Å². The zero-order valence-corrected chi connectivity index (χ0v) is 13.8. The molecule has 6 heteroatoms. The first kappa shape index (κ1) is 15.6.